The molecule has 1 unspecified atom stereocenters. The lowest BCUT2D eigenvalue weighted by molar-refractivity contribution is -0.169. The number of benzene rings is 1. The van der Waals surface area contributed by atoms with E-state index in [-0.39, 0.29) is 12.3 Å². The second-order valence-electron chi connectivity index (χ2n) is 6.14. The van der Waals surface area contributed by atoms with Crippen LogP contribution in [-0.4, -0.2) is 65.6 Å². The van der Waals surface area contributed by atoms with Gasteiger partial charge >= 0.3 is 5.97 Å². The summed E-state index contributed by atoms with van der Waals surface area (Å²) in [6.07, 6.45) is 3.19. The molecule has 1 aromatic carbocycles. The molecule has 1 atom stereocenters. The molecule has 2 rings (SSSR count). The second kappa shape index (κ2) is 13.6. The molecular weight excluding hydrogens is 352 g/mol. The van der Waals surface area contributed by atoms with Crippen LogP contribution in [0.25, 0.3) is 0 Å². The van der Waals surface area contributed by atoms with Gasteiger partial charge < -0.3 is 28.4 Å². The van der Waals surface area contributed by atoms with E-state index in [0.717, 1.165) is 31.4 Å². The molecule has 1 saturated heterocycles. The Kier molecular flexibility index (Phi) is 11.0. The third-order valence-corrected chi connectivity index (χ3v) is 4.03. The Morgan fingerprint density at radius 2 is 1.78 bits per heavy atom. The highest BCUT2D eigenvalue weighted by atomic mass is 16.7. The van der Waals surface area contributed by atoms with E-state index in [0.29, 0.717) is 51.8 Å². The molecule has 0 aliphatic carbocycles. The lowest BCUT2D eigenvalue weighted by Crippen LogP contribution is -2.24. The highest BCUT2D eigenvalue weighted by Gasteiger charge is 2.13. The molecule has 1 aromatic rings. The molecule has 152 valence electrons. The fourth-order valence-corrected chi connectivity index (χ4v) is 2.62. The van der Waals surface area contributed by atoms with Crippen molar-refractivity contribution in [3.8, 4) is 0 Å². The van der Waals surface area contributed by atoms with Crippen LogP contribution in [0.4, 0.5) is 0 Å². The van der Waals surface area contributed by atoms with Gasteiger partial charge in [-0.05, 0) is 37.0 Å². The number of hydrogen-bond donors (Lipinski definition) is 0. The lowest BCUT2D eigenvalue weighted by Gasteiger charge is -2.22. The van der Waals surface area contributed by atoms with E-state index in [4.69, 9.17) is 28.4 Å². The summed E-state index contributed by atoms with van der Waals surface area (Å²) in [6.45, 7) is 4.30. The monoisotopic (exact) mass is 382 g/mol. The maximum absolute atomic E-state index is 11.5. The van der Waals surface area contributed by atoms with E-state index in [9.17, 15) is 4.79 Å². The zero-order chi connectivity index (χ0) is 19.2. The van der Waals surface area contributed by atoms with Gasteiger partial charge in [0, 0.05) is 6.61 Å². The highest BCUT2D eigenvalue weighted by molar-refractivity contribution is 5.89. The van der Waals surface area contributed by atoms with E-state index >= 15 is 0 Å². The van der Waals surface area contributed by atoms with Crippen molar-refractivity contribution in [1.82, 2.24) is 0 Å². The zero-order valence-electron chi connectivity index (χ0n) is 16.0. The molecule has 0 N–H and O–H groups in total. The molecule has 27 heavy (non-hydrogen) atoms. The summed E-state index contributed by atoms with van der Waals surface area (Å²) in [4.78, 5) is 11.5. The van der Waals surface area contributed by atoms with Crippen LogP contribution in [0, 0.1) is 0 Å². The van der Waals surface area contributed by atoms with Crippen LogP contribution in [0.5, 0.6) is 0 Å². The van der Waals surface area contributed by atoms with Gasteiger partial charge in [-0.3, -0.25) is 0 Å². The number of carbonyl (C=O) groups is 1. The first kappa shape index (κ1) is 21.8. The molecule has 1 aliphatic heterocycles. The number of rotatable bonds is 13. The van der Waals surface area contributed by atoms with Crippen molar-refractivity contribution < 1.29 is 33.2 Å². The molecule has 0 saturated carbocycles. The SMILES string of the molecule is COC(=O)c1cccc(COCCOCCOCCOC2CCCCO2)c1. The average Bonchev–Trinajstić information content (AvgIpc) is 2.72. The van der Waals surface area contributed by atoms with Crippen LogP contribution in [0.15, 0.2) is 24.3 Å². The molecule has 1 fully saturated rings. The third-order valence-electron chi connectivity index (χ3n) is 4.03. The fourth-order valence-electron chi connectivity index (χ4n) is 2.62. The maximum atomic E-state index is 11.5. The van der Waals surface area contributed by atoms with Gasteiger partial charge in [0.05, 0.1) is 58.9 Å². The summed E-state index contributed by atoms with van der Waals surface area (Å²) in [5.74, 6) is -0.350. The Labute approximate surface area is 160 Å². The van der Waals surface area contributed by atoms with E-state index in [2.05, 4.69) is 0 Å². The van der Waals surface area contributed by atoms with Gasteiger partial charge in [0.2, 0.25) is 0 Å². The van der Waals surface area contributed by atoms with Crippen LogP contribution in [0.3, 0.4) is 0 Å². The Hall–Kier alpha value is -1.51. The Bertz CT molecular complexity index is 529. The summed E-state index contributed by atoms with van der Waals surface area (Å²) in [7, 11) is 1.37. The van der Waals surface area contributed by atoms with Gasteiger partial charge in [0.1, 0.15) is 0 Å². The Morgan fingerprint density at radius 3 is 2.48 bits per heavy atom. The normalized spacial score (nSPS) is 17.0. The molecule has 1 heterocycles. The minimum absolute atomic E-state index is 0.0657. The predicted octanol–water partition coefficient (Wildman–Crippen LogP) is 2.57. The second-order valence-corrected chi connectivity index (χ2v) is 6.14. The maximum Gasteiger partial charge on any atom is 0.337 e. The standard InChI is InChI=1S/C20H30O7/c1-22-20(21)18-6-4-5-17(15-18)16-25-12-11-23-9-10-24-13-14-27-19-7-2-3-8-26-19/h4-6,15,19H,2-3,7-14,16H2,1H3. The zero-order valence-corrected chi connectivity index (χ0v) is 16.0. The van der Waals surface area contributed by atoms with Crippen molar-refractivity contribution in [2.24, 2.45) is 0 Å². The molecule has 0 amide bonds. The first-order valence-corrected chi connectivity index (χ1v) is 9.43. The average molecular weight is 382 g/mol. The van der Waals surface area contributed by atoms with Crippen LogP contribution in [0.1, 0.15) is 35.2 Å². The molecule has 0 radical (unpaired) electrons. The summed E-state index contributed by atoms with van der Waals surface area (Å²) in [5.41, 5.74) is 1.44. The lowest BCUT2D eigenvalue weighted by atomic mass is 10.1. The van der Waals surface area contributed by atoms with Crippen LogP contribution in [-0.2, 0) is 35.0 Å². The minimum Gasteiger partial charge on any atom is -0.465 e. The molecule has 7 heteroatoms. The van der Waals surface area contributed by atoms with Gasteiger partial charge in [-0.1, -0.05) is 12.1 Å². The van der Waals surface area contributed by atoms with Crippen molar-refractivity contribution in [2.45, 2.75) is 32.2 Å². The van der Waals surface area contributed by atoms with Crippen molar-refractivity contribution in [2.75, 3.05) is 53.4 Å². The van der Waals surface area contributed by atoms with E-state index in [1.165, 1.54) is 7.11 Å². The number of carbonyl (C=O) groups excluding carboxylic acids is 1. The smallest absolute Gasteiger partial charge is 0.337 e. The summed E-state index contributed by atoms with van der Waals surface area (Å²) in [6, 6.07) is 7.19. The quantitative estimate of drug-likeness (QED) is 0.383. The van der Waals surface area contributed by atoms with Gasteiger partial charge in [0.15, 0.2) is 6.29 Å². The molecule has 0 bridgehead atoms. The van der Waals surface area contributed by atoms with Crippen LogP contribution >= 0.6 is 0 Å². The van der Waals surface area contributed by atoms with Gasteiger partial charge in [-0.2, -0.15) is 0 Å². The minimum atomic E-state index is -0.350. The summed E-state index contributed by atoms with van der Waals surface area (Å²) < 4.78 is 32.2. The van der Waals surface area contributed by atoms with Crippen molar-refractivity contribution in [3.63, 3.8) is 0 Å². The Morgan fingerprint density at radius 1 is 1.04 bits per heavy atom. The molecule has 1 aliphatic rings. The molecule has 0 aromatic heterocycles. The molecule has 0 spiro atoms. The van der Waals surface area contributed by atoms with Crippen molar-refractivity contribution in [1.29, 1.82) is 0 Å². The molecule has 7 nitrogen and oxygen atoms in total. The molecular formula is C20H30O7. The van der Waals surface area contributed by atoms with Gasteiger partial charge in [0.25, 0.3) is 0 Å². The first-order valence-electron chi connectivity index (χ1n) is 9.43. The number of hydrogen-bond acceptors (Lipinski definition) is 7. The highest BCUT2D eigenvalue weighted by Crippen LogP contribution is 2.13. The van der Waals surface area contributed by atoms with Gasteiger partial charge in [-0.25, -0.2) is 4.79 Å². The topological polar surface area (TPSA) is 72.5 Å². The van der Waals surface area contributed by atoms with Gasteiger partial charge in [-0.15, -0.1) is 0 Å². The number of esters is 1. The van der Waals surface area contributed by atoms with Crippen molar-refractivity contribution >= 4 is 5.97 Å². The van der Waals surface area contributed by atoms with Crippen LogP contribution in [0.2, 0.25) is 0 Å². The Balaban J connectivity index is 1.40. The van der Waals surface area contributed by atoms with E-state index in [1.54, 1.807) is 12.1 Å². The third kappa shape index (κ3) is 9.30. The largest absolute Gasteiger partial charge is 0.465 e. The number of methoxy groups -OCH3 is 1. The predicted molar refractivity (Wildman–Crippen MR) is 98.6 cm³/mol. The van der Waals surface area contributed by atoms with E-state index in [1.807, 2.05) is 12.1 Å². The van der Waals surface area contributed by atoms with E-state index < -0.39 is 0 Å². The van der Waals surface area contributed by atoms with Crippen molar-refractivity contribution in [3.05, 3.63) is 35.4 Å². The summed E-state index contributed by atoms with van der Waals surface area (Å²) in [5, 5.41) is 0. The van der Waals surface area contributed by atoms with Crippen LogP contribution < -0.4 is 0 Å². The number of ether oxygens (including phenoxy) is 6. The summed E-state index contributed by atoms with van der Waals surface area (Å²) >= 11 is 0. The fraction of sp³-hybridized carbons (Fsp3) is 0.650. The first-order chi connectivity index (χ1) is 13.3.